The monoisotopic (exact) mass is 566 g/mol. The topological polar surface area (TPSA) is 3.24 Å². The Kier molecular flexibility index (Phi) is 6.83. The van der Waals surface area contributed by atoms with Gasteiger partial charge in [0, 0.05) is 0 Å². The summed E-state index contributed by atoms with van der Waals surface area (Å²) < 4.78 is 148. The average Bonchev–Trinajstić information content (AvgIpc) is 3.25. The third-order valence-corrected chi connectivity index (χ3v) is 10.6. The van der Waals surface area contributed by atoms with E-state index in [-0.39, 0.29) is 0 Å². The van der Waals surface area contributed by atoms with Gasteiger partial charge >= 0.3 is 0 Å². The molecule has 5 rings (SSSR count). The molecule has 0 amide bonds. The molecule has 0 N–H and O–H groups in total. The number of hydrogen-bond acceptors (Lipinski definition) is 1. The lowest BCUT2D eigenvalue weighted by molar-refractivity contribution is 0.0323. The van der Waals surface area contributed by atoms with Crippen LogP contribution in [0.1, 0.15) is 52.9 Å². The second-order valence-electron chi connectivity index (χ2n) is 12.2. The molecule has 12 heteroatoms. The van der Waals surface area contributed by atoms with Crippen LogP contribution in [0.25, 0.3) is 0 Å². The van der Waals surface area contributed by atoms with Crippen molar-refractivity contribution < 1.29 is 43.9 Å². The highest BCUT2D eigenvalue weighted by Crippen LogP contribution is 2.71. The van der Waals surface area contributed by atoms with Crippen LogP contribution in [0.3, 0.4) is 0 Å². The Morgan fingerprint density at radius 2 is 0.974 bits per heavy atom. The van der Waals surface area contributed by atoms with Crippen LogP contribution in [0.4, 0.5) is 43.9 Å². The predicted octanol–water partition coefficient (Wildman–Crippen LogP) is 6.10. The van der Waals surface area contributed by atoms with Gasteiger partial charge in [-0.15, -0.1) is 16.7 Å². The van der Waals surface area contributed by atoms with Crippen molar-refractivity contribution in [1.82, 2.24) is 4.90 Å². The van der Waals surface area contributed by atoms with Crippen LogP contribution in [-0.2, 0) is 0 Å². The minimum absolute atomic E-state index is 0.396. The van der Waals surface area contributed by atoms with Crippen molar-refractivity contribution in [2.24, 2.45) is 16.7 Å². The summed E-state index contributed by atoms with van der Waals surface area (Å²) in [4.78, 5) is 2.01. The Morgan fingerprint density at radius 3 is 1.38 bits per heavy atom. The van der Waals surface area contributed by atoms with Crippen LogP contribution < -0.4 is 10.9 Å². The molecule has 2 aromatic rings. The van der Waals surface area contributed by atoms with Crippen LogP contribution in [0.5, 0.6) is 0 Å². The maximum atomic E-state index is 15.4. The largest absolute Gasteiger partial charge is 0.303 e. The Bertz CT molecular complexity index is 1210. The fourth-order valence-electron chi connectivity index (χ4n) is 8.53. The molecule has 4 atom stereocenters. The van der Waals surface area contributed by atoms with Gasteiger partial charge in [0.05, 0.1) is 6.71 Å². The van der Waals surface area contributed by atoms with Gasteiger partial charge in [-0.2, -0.15) is 0 Å². The molecule has 39 heavy (non-hydrogen) atoms. The number of fused-ring (bicyclic) bond motifs is 2. The SMILES string of the molecule is CC1(C)[C@@H]2CC[C@@]1(C)[C@H](N1CCCCC1)[C@H]2[BH-](c1c(F)c(F)c(F)c(F)c1F)c1c(F)c(F)c(F)c(F)c1F. The van der Waals surface area contributed by atoms with Crippen molar-refractivity contribution in [2.75, 3.05) is 13.1 Å². The number of nitrogens with zero attached hydrogens (tertiary/aromatic N) is 1. The summed E-state index contributed by atoms with van der Waals surface area (Å²) in [5.41, 5.74) is -4.28. The molecule has 3 aliphatic rings. The number of piperidine rings is 1. The zero-order chi connectivity index (χ0) is 28.8. The Morgan fingerprint density at radius 1 is 0.590 bits per heavy atom. The number of hydrogen-bond donors (Lipinski definition) is 0. The van der Waals surface area contributed by atoms with E-state index in [1.165, 1.54) is 0 Å². The van der Waals surface area contributed by atoms with Crippen molar-refractivity contribution in [1.29, 1.82) is 0 Å². The Hall–Kier alpha value is -2.24. The average molecular weight is 566 g/mol. The summed E-state index contributed by atoms with van der Waals surface area (Å²) in [6.45, 7) is 3.08. The molecule has 2 aromatic carbocycles. The summed E-state index contributed by atoms with van der Waals surface area (Å²) in [7, 11) is 0. The molecular formula is C27H27BF10N-. The van der Waals surface area contributed by atoms with E-state index in [0.29, 0.717) is 25.9 Å². The van der Waals surface area contributed by atoms with E-state index in [4.69, 9.17) is 0 Å². The van der Waals surface area contributed by atoms with Crippen molar-refractivity contribution >= 4 is 17.6 Å². The fraction of sp³-hybridized carbons (Fsp3) is 0.556. The van der Waals surface area contributed by atoms with E-state index >= 15 is 17.6 Å². The lowest BCUT2D eigenvalue weighted by Gasteiger charge is -2.52. The molecule has 3 fully saturated rings. The van der Waals surface area contributed by atoms with Gasteiger partial charge in [-0.1, -0.05) is 39.5 Å². The smallest absolute Gasteiger partial charge is 0.200 e. The van der Waals surface area contributed by atoms with Gasteiger partial charge < -0.3 is 4.90 Å². The van der Waals surface area contributed by atoms with E-state index in [1.54, 1.807) is 0 Å². The van der Waals surface area contributed by atoms with Crippen molar-refractivity contribution in [3.8, 4) is 0 Å². The van der Waals surface area contributed by atoms with Crippen molar-refractivity contribution in [2.45, 2.75) is 64.7 Å². The third-order valence-electron chi connectivity index (χ3n) is 10.6. The van der Waals surface area contributed by atoms with Crippen molar-refractivity contribution in [3.63, 3.8) is 0 Å². The number of rotatable bonds is 4. The molecule has 0 spiro atoms. The van der Waals surface area contributed by atoms with Crippen LogP contribution in [0.2, 0.25) is 5.82 Å². The van der Waals surface area contributed by atoms with Crippen LogP contribution >= 0.6 is 0 Å². The van der Waals surface area contributed by atoms with Crippen LogP contribution in [-0.4, -0.2) is 30.7 Å². The molecular weight excluding hydrogens is 539 g/mol. The van der Waals surface area contributed by atoms with Crippen molar-refractivity contribution in [3.05, 3.63) is 58.2 Å². The number of likely N-dealkylation sites (tertiary alicyclic amines) is 1. The molecule has 1 heterocycles. The Balaban J connectivity index is 1.88. The van der Waals surface area contributed by atoms with Crippen LogP contribution in [0.15, 0.2) is 0 Å². The highest BCUT2D eigenvalue weighted by molar-refractivity contribution is 6.86. The highest BCUT2D eigenvalue weighted by atomic mass is 19.2. The molecule has 2 bridgehead atoms. The fourth-order valence-corrected chi connectivity index (χ4v) is 8.53. The van der Waals surface area contributed by atoms with E-state index in [9.17, 15) is 26.3 Å². The molecule has 0 aromatic heterocycles. The summed E-state index contributed by atoms with van der Waals surface area (Å²) in [5.74, 6) is -25.3. The first-order valence-corrected chi connectivity index (χ1v) is 13.2. The third kappa shape index (κ3) is 3.71. The zero-order valence-electron chi connectivity index (χ0n) is 21.6. The van der Waals surface area contributed by atoms with Gasteiger partial charge in [-0.3, -0.25) is 0 Å². The standard InChI is InChI=1S/C27H27BF10N/c1-26(2)11-7-8-27(26,3)25(39-9-5-4-6-10-39)12(11)28(13-15(29)19(33)23(37)20(34)16(13)30)14-17(31)21(35)24(38)22(36)18(14)32/h11-12,25,28H,4-10H2,1-3H3/q-1/t11-,12+,25-,27+/m1/s1. The van der Waals surface area contributed by atoms with Crippen LogP contribution in [0, 0.1) is 74.9 Å². The predicted molar refractivity (Wildman–Crippen MR) is 126 cm³/mol. The molecule has 0 radical (unpaired) electrons. The van der Waals surface area contributed by atoms with Gasteiger partial charge in [-0.05, 0) is 49.2 Å². The molecule has 2 aliphatic carbocycles. The molecule has 214 valence electrons. The zero-order valence-corrected chi connectivity index (χ0v) is 21.6. The molecule has 2 saturated carbocycles. The minimum Gasteiger partial charge on any atom is -0.303 e. The molecule has 1 saturated heterocycles. The second-order valence-corrected chi connectivity index (χ2v) is 12.2. The van der Waals surface area contributed by atoms with E-state index in [0.717, 1.165) is 19.3 Å². The van der Waals surface area contributed by atoms with E-state index in [1.807, 2.05) is 25.7 Å². The maximum Gasteiger partial charge on any atom is 0.200 e. The normalized spacial score (nSPS) is 28.6. The molecule has 1 aliphatic heterocycles. The second kappa shape index (κ2) is 9.41. The summed E-state index contributed by atoms with van der Waals surface area (Å²) in [6, 6.07) is -0.656. The van der Waals surface area contributed by atoms with Gasteiger partial charge in [0.2, 0.25) is 0 Å². The van der Waals surface area contributed by atoms with Gasteiger partial charge in [0.25, 0.3) is 0 Å². The summed E-state index contributed by atoms with van der Waals surface area (Å²) in [5, 5.41) is 0. The lowest BCUT2D eigenvalue weighted by atomic mass is 9.29. The Labute approximate surface area is 219 Å². The van der Waals surface area contributed by atoms with Gasteiger partial charge in [-0.25, -0.2) is 43.9 Å². The van der Waals surface area contributed by atoms with Gasteiger partial charge in [0.15, 0.2) is 34.9 Å². The number of benzene rings is 2. The highest BCUT2D eigenvalue weighted by Gasteiger charge is 2.66. The first-order valence-electron chi connectivity index (χ1n) is 13.2. The summed E-state index contributed by atoms with van der Waals surface area (Å²) >= 11 is 0. The molecule has 1 nitrogen and oxygen atoms in total. The van der Waals surface area contributed by atoms with E-state index < -0.39 is 104 Å². The van der Waals surface area contributed by atoms with Gasteiger partial charge in [0.1, 0.15) is 23.3 Å². The van der Waals surface area contributed by atoms with E-state index in [2.05, 4.69) is 0 Å². The minimum atomic E-state index is -3.61. The number of halogens is 10. The first kappa shape index (κ1) is 28.3. The quantitative estimate of drug-likeness (QED) is 0.187. The summed E-state index contributed by atoms with van der Waals surface area (Å²) in [6.07, 6.45) is 3.39. The first-order chi connectivity index (χ1) is 18.2. The lowest BCUT2D eigenvalue weighted by Crippen LogP contribution is -2.61. The molecule has 0 unspecified atom stereocenters. The maximum absolute atomic E-state index is 15.4.